The van der Waals surface area contributed by atoms with Gasteiger partial charge in [-0.1, -0.05) is 6.07 Å². The summed E-state index contributed by atoms with van der Waals surface area (Å²) >= 11 is 1.50. The summed E-state index contributed by atoms with van der Waals surface area (Å²) in [6.07, 6.45) is 2.90. The Bertz CT molecular complexity index is 1080. The number of carbonyl (C=O) groups is 2. The van der Waals surface area contributed by atoms with E-state index in [2.05, 4.69) is 9.82 Å². The summed E-state index contributed by atoms with van der Waals surface area (Å²) in [6, 6.07) is 3.95. The summed E-state index contributed by atoms with van der Waals surface area (Å²) in [6.45, 7) is -0.0702. The van der Waals surface area contributed by atoms with Crippen LogP contribution in [0.15, 0.2) is 22.3 Å². The molecule has 2 aliphatic rings. The summed E-state index contributed by atoms with van der Waals surface area (Å²) in [5.41, 5.74) is -0.246. The number of hydrogen-bond acceptors (Lipinski definition) is 7. The molecule has 0 unspecified atom stereocenters. The second kappa shape index (κ2) is 8.44. The lowest BCUT2D eigenvalue weighted by atomic mass is 10.1. The molecule has 1 aliphatic carbocycles. The highest BCUT2D eigenvalue weighted by Gasteiger charge is 2.31. The monoisotopic (exact) mass is 453 g/mol. The van der Waals surface area contributed by atoms with Crippen LogP contribution in [-0.4, -0.2) is 58.3 Å². The van der Waals surface area contributed by atoms with E-state index in [9.17, 15) is 22.8 Å². The van der Waals surface area contributed by atoms with Crippen molar-refractivity contribution in [2.45, 2.75) is 44.7 Å². The molecule has 2 aromatic rings. The van der Waals surface area contributed by atoms with Crippen LogP contribution < -0.4 is 10.4 Å². The van der Waals surface area contributed by atoms with Gasteiger partial charge in [0.1, 0.15) is 0 Å². The molecule has 10 nitrogen and oxygen atoms in total. The molecule has 1 saturated carbocycles. The van der Waals surface area contributed by atoms with Gasteiger partial charge < -0.3 is 0 Å². The lowest BCUT2D eigenvalue weighted by Crippen LogP contribution is -2.44. The quantitative estimate of drug-likeness (QED) is 0.554. The molecule has 0 bridgehead atoms. The normalized spacial score (nSPS) is 17.7. The highest BCUT2D eigenvalue weighted by molar-refractivity contribution is 7.89. The first-order chi connectivity index (χ1) is 14.4. The average Bonchev–Trinajstić information content (AvgIpc) is 3.26. The third kappa shape index (κ3) is 4.55. The minimum absolute atomic E-state index is 0.00427. The standard InChI is InChI=1S/C18H23N5O5S2/c24-15-4-1-5-16(25)21(15)10-12-30(27,28)19-8-9-22-18(26)23(13-6-7-13)17(20-22)14-3-2-11-29-14/h2-3,11,13,19H,1,4-10,12H2. The largest absolute Gasteiger partial charge is 0.346 e. The number of nitrogens with one attached hydrogen (secondary N) is 1. The van der Waals surface area contributed by atoms with Gasteiger partial charge in [-0.2, -0.15) is 0 Å². The Labute approximate surface area is 177 Å². The van der Waals surface area contributed by atoms with E-state index in [-0.39, 0.29) is 61.8 Å². The van der Waals surface area contributed by atoms with Gasteiger partial charge in [-0.15, -0.1) is 16.4 Å². The number of piperidine rings is 1. The summed E-state index contributed by atoms with van der Waals surface area (Å²) in [5.74, 6) is -0.419. The number of carbonyl (C=O) groups excluding carboxylic acids is 2. The van der Waals surface area contributed by atoms with Gasteiger partial charge in [0.2, 0.25) is 21.8 Å². The van der Waals surface area contributed by atoms with Crippen molar-refractivity contribution < 1.29 is 18.0 Å². The Kier molecular flexibility index (Phi) is 5.89. The van der Waals surface area contributed by atoms with Crippen molar-refractivity contribution in [2.75, 3.05) is 18.8 Å². The Hall–Kier alpha value is -2.31. The minimum Gasteiger partial charge on any atom is -0.282 e. The molecule has 3 heterocycles. The molecular formula is C18H23N5O5S2. The second-order valence-corrected chi connectivity index (χ2v) is 10.3. The molecule has 162 valence electrons. The van der Waals surface area contributed by atoms with Crippen LogP contribution in [0, 0.1) is 0 Å². The van der Waals surface area contributed by atoms with Crippen molar-refractivity contribution in [3.05, 3.63) is 28.0 Å². The van der Waals surface area contributed by atoms with Crippen molar-refractivity contribution >= 4 is 33.2 Å². The third-order valence-corrected chi connectivity index (χ3v) is 7.37. The average molecular weight is 454 g/mol. The molecule has 30 heavy (non-hydrogen) atoms. The molecule has 0 aromatic carbocycles. The Balaban J connectivity index is 1.37. The van der Waals surface area contributed by atoms with Crippen LogP contribution in [-0.2, 0) is 26.2 Å². The van der Waals surface area contributed by atoms with E-state index in [1.807, 2.05) is 17.5 Å². The molecule has 1 saturated heterocycles. The van der Waals surface area contributed by atoms with E-state index in [0.717, 1.165) is 22.6 Å². The maximum Gasteiger partial charge on any atom is 0.346 e. The fourth-order valence-electron chi connectivity index (χ4n) is 3.44. The van der Waals surface area contributed by atoms with E-state index >= 15 is 0 Å². The van der Waals surface area contributed by atoms with Crippen LogP contribution in [0.4, 0.5) is 0 Å². The van der Waals surface area contributed by atoms with Crippen LogP contribution in [0.2, 0.25) is 0 Å². The minimum atomic E-state index is -3.71. The zero-order valence-corrected chi connectivity index (χ0v) is 18.0. The molecule has 0 spiro atoms. The van der Waals surface area contributed by atoms with E-state index in [1.54, 1.807) is 4.57 Å². The zero-order chi connectivity index (χ0) is 21.3. The zero-order valence-electron chi connectivity index (χ0n) is 16.3. The maximum atomic E-state index is 12.7. The fraction of sp³-hybridized carbons (Fsp3) is 0.556. The van der Waals surface area contributed by atoms with E-state index in [1.165, 1.54) is 16.0 Å². The van der Waals surface area contributed by atoms with Crippen LogP contribution in [0.1, 0.15) is 38.1 Å². The maximum absolute atomic E-state index is 12.7. The third-order valence-electron chi connectivity index (χ3n) is 5.14. The second-order valence-electron chi connectivity index (χ2n) is 7.41. The van der Waals surface area contributed by atoms with Gasteiger partial charge >= 0.3 is 5.69 Å². The number of likely N-dealkylation sites (tertiary alicyclic amines) is 1. The van der Waals surface area contributed by atoms with Gasteiger partial charge in [0.25, 0.3) is 0 Å². The Morgan fingerprint density at radius 1 is 1.13 bits per heavy atom. The summed E-state index contributed by atoms with van der Waals surface area (Å²) < 4.78 is 29.9. The van der Waals surface area contributed by atoms with Crippen LogP contribution in [0.3, 0.4) is 0 Å². The molecular weight excluding hydrogens is 430 g/mol. The first kappa shape index (κ1) is 20.9. The van der Waals surface area contributed by atoms with Crippen molar-refractivity contribution in [3.63, 3.8) is 0 Å². The SMILES string of the molecule is O=C1CCCC(=O)N1CCS(=O)(=O)NCCn1nc(-c2cccs2)n(C2CC2)c1=O. The molecule has 1 aliphatic heterocycles. The van der Waals surface area contributed by atoms with Crippen molar-refractivity contribution in [3.8, 4) is 10.7 Å². The Morgan fingerprint density at radius 2 is 1.87 bits per heavy atom. The summed E-state index contributed by atoms with van der Waals surface area (Å²) in [4.78, 5) is 38.2. The highest BCUT2D eigenvalue weighted by Crippen LogP contribution is 2.37. The van der Waals surface area contributed by atoms with Gasteiger partial charge in [-0.25, -0.2) is 22.6 Å². The van der Waals surface area contributed by atoms with Crippen LogP contribution in [0.25, 0.3) is 10.7 Å². The van der Waals surface area contributed by atoms with E-state index < -0.39 is 10.0 Å². The fourth-order valence-corrected chi connectivity index (χ4v) is 5.12. The molecule has 0 radical (unpaired) electrons. The van der Waals surface area contributed by atoms with Crippen LogP contribution in [0.5, 0.6) is 0 Å². The molecule has 1 N–H and O–H groups in total. The van der Waals surface area contributed by atoms with Gasteiger partial charge in [0.05, 0.1) is 17.2 Å². The van der Waals surface area contributed by atoms with Gasteiger partial charge in [-0.05, 0) is 30.7 Å². The lowest BCUT2D eigenvalue weighted by molar-refractivity contribution is -0.147. The first-order valence-electron chi connectivity index (χ1n) is 9.89. The molecule has 4 rings (SSSR count). The number of rotatable bonds is 9. The summed E-state index contributed by atoms with van der Waals surface area (Å²) in [5, 5.41) is 6.34. The Morgan fingerprint density at radius 3 is 2.50 bits per heavy atom. The molecule has 2 fully saturated rings. The molecule has 0 atom stereocenters. The predicted octanol–water partition coefficient (Wildman–Crippen LogP) is 0.567. The highest BCUT2D eigenvalue weighted by atomic mass is 32.2. The first-order valence-corrected chi connectivity index (χ1v) is 12.4. The van der Waals surface area contributed by atoms with Crippen molar-refractivity contribution in [1.82, 2.24) is 24.0 Å². The number of amides is 2. The number of aromatic nitrogens is 3. The van der Waals surface area contributed by atoms with Gasteiger partial charge in [0, 0.05) is 32.0 Å². The van der Waals surface area contributed by atoms with Crippen molar-refractivity contribution in [1.29, 1.82) is 0 Å². The molecule has 2 aromatic heterocycles. The number of hydrogen-bond donors (Lipinski definition) is 1. The van der Waals surface area contributed by atoms with Gasteiger partial charge in [-0.3, -0.25) is 19.1 Å². The van der Waals surface area contributed by atoms with E-state index in [4.69, 9.17) is 0 Å². The smallest absolute Gasteiger partial charge is 0.282 e. The number of nitrogens with zero attached hydrogens (tertiary/aromatic N) is 4. The summed E-state index contributed by atoms with van der Waals surface area (Å²) in [7, 11) is -3.71. The van der Waals surface area contributed by atoms with E-state index in [0.29, 0.717) is 12.2 Å². The number of thiophene rings is 1. The topological polar surface area (TPSA) is 123 Å². The van der Waals surface area contributed by atoms with Crippen molar-refractivity contribution in [2.24, 2.45) is 0 Å². The lowest BCUT2D eigenvalue weighted by Gasteiger charge is -2.24. The molecule has 2 amide bonds. The predicted molar refractivity (Wildman–Crippen MR) is 110 cm³/mol. The van der Waals surface area contributed by atoms with Gasteiger partial charge in [0.15, 0.2) is 5.82 Å². The number of sulfonamides is 1. The number of imide groups is 1. The molecule has 12 heteroatoms. The van der Waals surface area contributed by atoms with Crippen LogP contribution >= 0.6 is 11.3 Å².